The summed E-state index contributed by atoms with van der Waals surface area (Å²) in [6.07, 6.45) is 0.847. The third-order valence-corrected chi connectivity index (χ3v) is 5.52. The molecule has 1 fully saturated rings. The maximum atomic E-state index is 13.8. The van der Waals surface area contributed by atoms with Crippen molar-refractivity contribution in [2.45, 2.75) is 25.2 Å². The van der Waals surface area contributed by atoms with E-state index in [1.165, 1.54) is 0 Å². The molecule has 0 atom stereocenters. The molecule has 0 aromatic heterocycles. The number of hydrogen-bond acceptors (Lipinski definition) is 3. The number of rotatable bonds is 2. The van der Waals surface area contributed by atoms with Gasteiger partial charge in [-0.15, -0.1) is 0 Å². The van der Waals surface area contributed by atoms with E-state index in [0.29, 0.717) is 13.1 Å². The molecule has 1 saturated heterocycles. The maximum absolute atomic E-state index is 13.8. The summed E-state index contributed by atoms with van der Waals surface area (Å²) in [5.41, 5.74) is -0.00998. The summed E-state index contributed by atoms with van der Waals surface area (Å²) in [4.78, 5) is 13.6. The van der Waals surface area contributed by atoms with E-state index in [-0.39, 0.29) is 15.5 Å². The summed E-state index contributed by atoms with van der Waals surface area (Å²) in [7, 11) is -4.12. The van der Waals surface area contributed by atoms with E-state index in [0.717, 1.165) is 18.6 Å². The molecule has 5 nitrogen and oxygen atoms in total. The fraction of sp³-hybridized carbons (Fsp3) is 0.462. The minimum atomic E-state index is -4.12. The second-order valence-electron chi connectivity index (χ2n) is 5.96. The molecule has 0 spiro atoms. The third kappa shape index (κ3) is 3.44. The minimum Gasteiger partial charge on any atom is -0.338 e. The lowest BCUT2D eigenvalue weighted by molar-refractivity contribution is 0.0777. The van der Waals surface area contributed by atoms with Gasteiger partial charge in [-0.3, -0.25) is 4.79 Å². The normalized spacial score (nSPS) is 18.0. The molecule has 0 aliphatic carbocycles. The number of amides is 1. The van der Waals surface area contributed by atoms with Crippen LogP contribution in [0.15, 0.2) is 21.5 Å². The Hall–Kier alpha value is -0.990. The smallest absolute Gasteiger partial charge is 0.254 e. The van der Waals surface area contributed by atoms with E-state index in [1.54, 1.807) is 4.90 Å². The molecule has 1 aliphatic heterocycles. The van der Waals surface area contributed by atoms with Gasteiger partial charge in [-0.1, -0.05) is 13.8 Å². The Morgan fingerprint density at radius 3 is 2.52 bits per heavy atom. The second-order valence-corrected chi connectivity index (χ2v) is 8.28. The van der Waals surface area contributed by atoms with Crippen LogP contribution < -0.4 is 5.14 Å². The number of primary sulfonamides is 1. The first kappa shape index (κ1) is 16.4. The standard InChI is InChI=1S/C13H16BrFN2O3S/c1-13(2)3-4-17(7-13)12(18)8-5-9(15)11(14)10(6-8)21(16,19)20/h5-6H,3-4,7H2,1-2H3,(H2,16,19,20). The molecule has 0 bridgehead atoms. The average molecular weight is 379 g/mol. The van der Waals surface area contributed by atoms with E-state index in [4.69, 9.17) is 5.14 Å². The number of sulfonamides is 1. The van der Waals surface area contributed by atoms with Gasteiger partial charge in [0.1, 0.15) is 5.82 Å². The minimum absolute atomic E-state index is 0.00629. The van der Waals surface area contributed by atoms with E-state index >= 15 is 0 Å². The molecule has 1 amide bonds. The zero-order valence-electron chi connectivity index (χ0n) is 11.7. The lowest BCUT2D eigenvalue weighted by atomic mass is 9.93. The fourth-order valence-electron chi connectivity index (χ4n) is 2.36. The van der Waals surface area contributed by atoms with Crippen LogP contribution >= 0.6 is 15.9 Å². The summed E-state index contributed by atoms with van der Waals surface area (Å²) in [5.74, 6) is -1.22. The predicted octanol–water partition coefficient (Wildman–Crippen LogP) is 2.11. The molecular formula is C13H16BrFN2O3S. The predicted molar refractivity (Wildman–Crippen MR) is 79.8 cm³/mol. The van der Waals surface area contributed by atoms with Crippen LogP contribution in [0, 0.1) is 11.2 Å². The van der Waals surface area contributed by atoms with Crippen LogP contribution in [0.2, 0.25) is 0 Å². The number of carbonyl (C=O) groups excluding carboxylic acids is 1. The van der Waals surface area contributed by atoms with Crippen molar-refractivity contribution >= 4 is 31.9 Å². The Labute approximate surface area is 131 Å². The van der Waals surface area contributed by atoms with Gasteiger partial charge in [0, 0.05) is 18.7 Å². The maximum Gasteiger partial charge on any atom is 0.254 e. The molecule has 1 aromatic carbocycles. The Bertz CT molecular complexity index is 704. The quantitative estimate of drug-likeness (QED) is 0.855. The molecule has 1 aromatic rings. The summed E-state index contributed by atoms with van der Waals surface area (Å²) in [6.45, 7) is 5.19. The SMILES string of the molecule is CC1(C)CCN(C(=O)c2cc(F)c(Br)c(S(N)(=O)=O)c2)C1. The van der Waals surface area contributed by atoms with Gasteiger partial charge in [0.25, 0.3) is 5.91 Å². The molecule has 8 heteroatoms. The van der Waals surface area contributed by atoms with Gasteiger partial charge >= 0.3 is 0 Å². The summed E-state index contributed by atoms with van der Waals surface area (Å²) >= 11 is 2.84. The van der Waals surface area contributed by atoms with E-state index in [9.17, 15) is 17.6 Å². The molecule has 116 valence electrons. The Morgan fingerprint density at radius 1 is 1.43 bits per heavy atom. The summed E-state index contributed by atoms with van der Waals surface area (Å²) in [6, 6.07) is 2.13. The van der Waals surface area contributed by atoms with Crippen LogP contribution in [0.25, 0.3) is 0 Å². The van der Waals surface area contributed by atoms with Crippen molar-refractivity contribution in [2.75, 3.05) is 13.1 Å². The molecule has 1 aliphatic rings. The number of halogens is 2. The number of hydrogen-bond donors (Lipinski definition) is 1. The van der Waals surface area contributed by atoms with Crippen LogP contribution in [0.5, 0.6) is 0 Å². The van der Waals surface area contributed by atoms with Gasteiger partial charge in [0.15, 0.2) is 0 Å². The van der Waals surface area contributed by atoms with Crippen molar-refractivity contribution in [2.24, 2.45) is 10.6 Å². The largest absolute Gasteiger partial charge is 0.338 e. The Balaban J connectivity index is 2.42. The number of nitrogens with zero attached hydrogens (tertiary/aromatic N) is 1. The number of likely N-dealkylation sites (tertiary alicyclic amines) is 1. The van der Waals surface area contributed by atoms with Crippen molar-refractivity contribution in [1.29, 1.82) is 0 Å². The molecule has 0 saturated carbocycles. The zero-order chi connectivity index (χ0) is 16.0. The van der Waals surface area contributed by atoms with E-state index in [2.05, 4.69) is 15.9 Å². The topological polar surface area (TPSA) is 80.5 Å². The van der Waals surface area contributed by atoms with Gasteiger partial charge in [-0.05, 0) is 39.9 Å². The van der Waals surface area contributed by atoms with Crippen LogP contribution in [-0.2, 0) is 10.0 Å². The first-order chi connectivity index (χ1) is 9.51. The average Bonchev–Trinajstić information content (AvgIpc) is 2.70. The summed E-state index contributed by atoms with van der Waals surface area (Å²) < 4.78 is 36.5. The summed E-state index contributed by atoms with van der Waals surface area (Å²) in [5, 5.41) is 5.04. The molecular weight excluding hydrogens is 363 g/mol. The van der Waals surface area contributed by atoms with Gasteiger partial charge in [-0.2, -0.15) is 0 Å². The molecule has 2 N–H and O–H groups in total. The van der Waals surface area contributed by atoms with Gasteiger partial charge in [0.2, 0.25) is 10.0 Å². The highest BCUT2D eigenvalue weighted by atomic mass is 79.9. The van der Waals surface area contributed by atoms with Crippen LogP contribution in [-0.4, -0.2) is 32.3 Å². The highest BCUT2D eigenvalue weighted by Crippen LogP contribution is 2.31. The van der Waals surface area contributed by atoms with E-state index in [1.807, 2.05) is 13.8 Å². The van der Waals surface area contributed by atoms with Crippen LogP contribution in [0.3, 0.4) is 0 Å². The monoisotopic (exact) mass is 378 g/mol. The lowest BCUT2D eigenvalue weighted by Crippen LogP contribution is -2.30. The van der Waals surface area contributed by atoms with Gasteiger partial charge in [-0.25, -0.2) is 17.9 Å². The van der Waals surface area contributed by atoms with Crippen molar-refractivity contribution in [3.8, 4) is 0 Å². The van der Waals surface area contributed by atoms with Gasteiger partial charge in [0.05, 0.1) is 9.37 Å². The Morgan fingerprint density at radius 2 is 2.05 bits per heavy atom. The van der Waals surface area contributed by atoms with E-state index < -0.39 is 26.6 Å². The molecule has 0 unspecified atom stereocenters. The highest BCUT2D eigenvalue weighted by molar-refractivity contribution is 9.10. The fourth-order valence-corrected chi connectivity index (χ4v) is 3.91. The molecule has 2 rings (SSSR count). The Kier molecular flexibility index (Phi) is 4.16. The molecule has 1 heterocycles. The first-order valence-electron chi connectivity index (χ1n) is 6.32. The number of carbonyl (C=O) groups is 1. The van der Waals surface area contributed by atoms with Crippen molar-refractivity contribution in [1.82, 2.24) is 4.90 Å². The van der Waals surface area contributed by atoms with Crippen molar-refractivity contribution < 1.29 is 17.6 Å². The number of benzene rings is 1. The van der Waals surface area contributed by atoms with Crippen molar-refractivity contribution in [3.63, 3.8) is 0 Å². The number of nitrogens with two attached hydrogens (primary N) is 1. The van der Waals surface area contributed by atoms with Crippen molar-refractivity contribution in [3.05, 3.63) is 28.0 Å². The highest BCUT2D eigenvalue weighted by Gasteiger charge is 2.33. The molecule has 21 heavy (non-hydrogen) atoms. The van der Waals surface area contributed by atoms with Crippen LogP contribution in [0.1, 0.15) is 30.6 Å². The third-order valence-electron chi connectivity index (χ3n) is 3.51. The second kappa shape index (κ2) is 5.33. The van der Waals surface area contributed by atoms with Gasteiger partial charge < -0.3 is 4.90 Å². The zero-order valence-corrected chi connectivity index (χ0v) is 14.1. The van der Waals surface area contributed by atoms with Crippen LogP contribution in [0.4, 0.5) is 4.39 Å². The molecule has 0 radical (unpaired) electrons. The lowest BCUT2D eigenvalue weighted by Gasteiger charge is -2.20. The first-order valence-corrected chi connectivity index (χ1v) is 8.66.